The molecular formula is C27H35ClN2O. The summed E-state index contributed by atoms with van der Waals surface area (Å²) in [7, 11) is 0. The topological polar surface area (TPSA) is 36.4 Å². The molecule has 3 nitrogen and oxygen atoms in total. The van der Waals surface area contributed by atoms with Crippen LogP contribution >= 0.6 is 11.6 Å². The largest absolute Gasteiger partial charge is 0.387 e. The summed E-state index contributed by atoms with van der Waals surface area (Å²) in [5.41, 5.74) is 3.66. The molecule has 0 amide bonds. The van der Waals surface area contributed by atoms with Crippen LogP contribution in [0.25, 0.3) is 22.2 Å². The SMILES string of the molecule is CCCCCN(CCCCC)CC(O)c1cc(-c2ccccc2)nc2cc(Cl)ccc12. The number of aromatic nitrogens is 1. The molecular weight excluding hydrogens is 404 g/mol. The van der Waals surface area contributed by atoms with Crippen molar-refractivity contribution >= 4 is 22.5 Å². The summed E-state index contributed by atoms with van der Waals surface area (Å²) in [5, 5.41) is 13.0. The number of nitrogens with zero attached hydrogens (tertiary/aromatic N) is 2. The lowest BCUT2D eigenvalue weighted by Crippen LogP contribution is -2.31. The Bertz CT molecular complexity index is 935. The Hall–Kier alpha value is -1.94. The standard InChI is InChI=1S/C27H35ClN2O/c1-3-5-10-16-30(17-11-6-4-2)20-27(31)24-19-25(21-12-8-7-9-13-21)29-26-18-22(28)14-15-23(24)26/h7-9,12-15,18-19,27,31H,3-6,10-11,16-17,20H2,1-2H3. The van der Waals surface area contributed by atoms with Crippen LogP contribution in [0.5, 0.6) is 0 Å². The van der Waals surface area contributed by atoms with Crippen LogP contribution in [-0.4, -0.2) is 34.6 Å². The number of hydrogen-bond acceptors (Lipinski definition) is 3. The lowest BCUT2D eigenvalue weighted by molar-refractivity contribution is 0.111. The van der Waals surface area contributed by atoms with Crippen LogP contribution in [0.2, 0.25) is 5.02 Å². The second kappa shape index (κ2) is 12.2. The number of hydrogen-bond donors (Lipinski definition) is 1. The van der Waals surface area contributed by atoms with Crippen LogP contribution in [-0.2, 0) is 0 Å². The van der Waals surface area contributed by atoms with E-state index in [1.54, 1.807) is 0 Å². The number of halogens is 1. The minimum atomic E-state index is -0.572. The molecule has 3 aromatic rings. The summed E-state index contributed by atoms with van der Waals surface area (Å²) in [6, 6.07) is 17.9. The molecule has 1 aromatic heterocycles. The van der Waals surface area contributed by atoms with Gasteiger partial charge in [-0.2, -0.15) is 0 Å². The zero-order valence-corrected chi connectivity index (χ0v) is 19.6. The summed E-state index contributed by atoms with van der Waals surface area (Å²) >= 11 is 6.26. The lowest BCUT2D eigenvalue weighted by atomic mass is 9.99. The predicted octanol–water partition coefficient (Wildman–Crippen LogP) is 7.27. The van der Waals surface area contributed by atoms with Crippen LogP contribution in [0, 0.1) is 0 Å². The molecule has 0 bridgehead atoms. The van der Waals surface area contributed by atoms with Crippen LogP contribution in [0.15, 0.2) is 54.6 Å². The molecule has 1 unspecified atom stereocenters. The molecule has 0 aliphatic heterocycles. The van der Waals surface area contributed by atoms with E-state index in [1.807, 2.05) is 42.5 Å². The van der Waals surface area contributed by atoms with E-state index in [1.165, 1.54) is 38.5 Å². The van der Waals surface area contributed by atoms with E-state index in [0.717, 1.165) is 40.8 Å². The van der Waals surface area contributed by atoms with Gasteiger partial charge in [0.05, 0.1) is 17.3 Å². The molecule has 1 heterocycles. The molecule has 3 rings (SSSR count). The number of unbranched alkanes of at least 4 members (excludes halogenated alkanes) is 4. The molecule has 0 fully saturated rings. The molecule has 1 N–H and O–H groups in total. The van der Waals surface area contributed by atoms with Gasteiger partial charge in [0.1, 0.15) is 0 Å². The van der Waals surface area contributed by atoms with Crippen molar-refractivity contribution in [2.75, 3.05) is 19.6 Å². The highest BCUT2D eigenvalue weighted by Gasteiger charge is 2.18. The van der Waals surface area contributed by atoms with Gasteiger partial charge in [0.15, 0.2) is 0 Å². The molecule has 0 saturated heterocycles. The van der Waals surface area contributed by atoms with E-state index in [4.69, 9.17) is 16.6 Å². The van der Waals surface area contributed by atoms with Crippen molar-refractivity contribution in [2.24, 2.45) is 0 Å². The first-order valence-electron chi connectivity index (χ1n) is 11.7. The average Bonchev–Trinajstić information content (AvgIpc) is 2.78. The quantitative estimate of drug-likeness (QED) is 0.302. The molecule has 2 aromatic carbocycles. The first-order valence-corrected chi connectivity index (χ1v) is 12.1. The number of benzene rings is 2. The molecule has 31 heavy (non-hydrogen) atoms. The second-order valence-corrected chi connectivity index (χ2v) is 8.79. The third-order valence-electron chi connectivity index (χ3n) is 5.82. The summed E-state index contributed by atoms with van der Waals surface area (Å²) < 4.78 is 0. The summed E-state index contributed by atoms with van der Waals surface area (Å²) in [5.74, 6) is 0. The van der Waals surface area contributed by atoms with Crippen molar-refractivity contribution < 1.29 is 5.11 Å². The van der Waals surface area contributed by atoms with Gasteiger partial charge < -0.3 is 10.0 Å². The van der Waals surface area contributed by atoms with Crippen molar-refractivity contribution in [1.29, 1.82) is 0 Å². The molecule has 166 valence electrons. The van der Waals surface area contributed by atoms with Crippen LogP contribution in [0.3, 0.4) is 0 Å². The molecule has 0 saturated carbocycles. The summed E-state index contributed by atoms with van der Waals surface area (Å²) in [6.07, 6.45) is 6.67. The van der Waals surface area contributed by atoms with Crippen molar-refractivity contribution in [3.8, 4) is 11.3 Å². The highest BCUT2D eigenvalue weighted by Crippen LogP contribution is 2.31. The first-order chi connectivity index (χ1) is 15.1. The maximum atomic E-state index is 11.3. The monoisotopic (exact) mass is 438 g/mol. The Morgan fingerprint density at radius 1 is 0.903 bits per heavy atom. The van der Waals surface area contributed by atoms with Gasteiger partial charge in [-0.15, -0.1) is 0 Å². The lowest BCUT2D eigenvalue weighted by Gasteiger charge is -2.26. The van der Waals surface area contributed by atoms with Crippen LogP contribution < -0.4 is 0 Å². The Morgan fingerprint density at radius 2 is 1.58 bits per heavy atom. The Kier molecular flexibility index (Phi) is 9.32. The normalized spacial score (nSPS) is 12.5. The highest BCUT2D eigenvalue weighted by molar-refractivity contribution is 6.31. The number of fused-ring (bicyclic) bond motifs is 1. The number of rotatable bonds is 12. The Balaban J connectivity index is 1.90. The van der Waals surface area contributed by atoms with Gasteiger partial charge in [-0.1, -0.05) is 87.5 Å². The van der Waals surface area contributed by atoms with E-state index in [0.29, 0.717) is 11.6 Å². The average molecular weight is 439 g/mol. The van der Waals surface area contributed by atoms with Crippen molar-refractivity contribution in [3.63, 3.8) is 0 Å². The molecule has 0 aliphatic rings. The number of aliphatic hydroxyl groups is 1. The minimum absolute atomic E-state index is 0.572. The minimum Gasteiger partial charge on any atom is -0.387 e. The van der Waals surface area contributed by atoms with Gasteiger partial charge in [-0.25, -0.2) is 4.98 Å². The van der Waals surface area contributed by atoms with E-state index in [9.17, 15) is 5.11 Å². The maximum absolute atomic E-state index is 11.3. The molecule has 1 atom stereocenters. The van der Waals surface area contributed by atoms with E-state index < -0.39 is 6.10 Å². The maximum Gasteiger partial charge on any atom is 0.0924 e. The van der Waals surface area contributed by atoms with Gasteiger partial charge in [0.25, 0.3) is 0 Å². The molecule has 0 spiro atoms. The predicted molar refractivity (Wildman–Crippen MR) is 133 cm³/mol. The smallest absolute Gasteiger partial charge is 0.0924 e. The van der Waals surface area contributed by atoms with Gasteiger partial charge >= 0.3 is 0 Å². The van der Waals surface area contributed by atoms with Gasteiger partial charge in [-0.3, -0.25) is 0 Å². The van der Waals surface area contributed by atoms with E-state index >= 15 is 0 Å². The van der Waals surface area contributed by atoms with Gasteiger partial charge in [0, 0.05) is 22.5 Å². The fraction of sp³-hybridized carbons (Fsp3) is 0.444. The Morgan fingerprint density at radius 3 is 2.23 bits per heavy atom. The third-order valence-corrected chi connectivity index (χ3v) is 6.05. The van der Waals surface area contributed by atoms with Gasteiger partial charge in [0.2, 0.25) is 0 Å². The van der Waals surface area contributed by atoms with Crippen molar-refractivity contribution in [1.82, 2.24) is 9.88 Å². The van der Waals surface area contributed by atoms with Crippen LogP contribution in [0.4, 0.5) is 0 Å². The van der Waals surface area contributed by atoms with Crippen LogP contribution in [0.1, 0.15) is 64.0 Å². The molecule has 4 heteroatoms. The zero-order chi connectivity index (χ0) is 22.1. The highest BCUT2D eigenvalue weighted by atomic mass is 35.5. The fourth-order valence-corrected chi connectivity index (χ4v) is 4.24. The van der Waals surface area contributed by atoms with E-state index in [2.05, 4.69) is 30.9 Å². The Labute approximate surface area is 192 Å². The van der Waals surface area contributed by atoms with E-state index in [-0.39, 0.29) is 0 Å². The second-order valence-electron chi connectivity index (χ2n) is 8.35. The molecule has 0 aliphatic carbocycles. The zero-order valence-electron chi connectivity index (χ0n) is 18.9. The first kappa shape index (κ1) is 23.7. The number of pyridine rings is 1. The fourth-order valence-electron chi connectivity index (χ4n) is 4.07. The summed E-state index contributed by atoms with van der Waals surface area (Å²) in [6.45, 7) is 7.18. The van der Waals surface area contributed by atoms with Crippen molar-refractivity contribution in [2.45, 2.75) is 58.5 Å². The van der Waals surface area contributed by atoms with Gasteiger partial charge in [-0.05, 0) is 49.7 Å². The van der Waals surface area contributed by atoms with Crippen molar-refractivity contribution in [3.05, 3.63) is 65.2 Å². The number of aliphatic hydroxyl groups excluding tert-OH is 1. The summed E-state index contributed by atoms with van der Waals surface area (Å²) in [4.78, 5) is 7.27. The molecule has 0 radical (unpaired) electrons. The third kappa shape index (κ3) is 6.77.